The second-order valence-electron chi connectivity index (χ2n) is 5.49. The van der Waals surface area contributed by atoms with Gasteiger partial charge < -0.3 is 21.1 Å². The number of esters is 1. The van der Waals surface area contributed by atoms with Crippen LogP contribution in [0.2, 0.25) is 0 Å². The van der Waals surface area contributed by atoms with Crippen LogP contribution in [0.5, 0.6) is 0 Å². The molecule has 3 amide bonds. The Morgan fingerprint density at radius 1 is 1.33 bits per heavy atom. The van der Waals surface area contributed by atoms with Gasteiger partial charge in [-0.1, -0.05) is 26.3 Å². The Morgan fingerprint density at radius 3 is 2.58 bits per heavy atom. The summed E-state index contributed by atoms with van der Waals surface area (Å²) >= 11 is 0. The van der Waals surface area contributed by atoms with E-state index in [4.69, 9.17) is 10.5 Å². The van der Waals surface area contributed by atoms with Gasteiger partial charge >= 0.3 is 12.0 Å². The van der Waals surface area contributed by atoms with Crippen LogP contribution in [-0.2, 0) is 14.3 Å². The quantitative estimate of drug-likeness (QED) is 0.657. The van der Waals surface area contributed by atoms with Crippen molar-refractivity contribution in [2.75, 3.05) is 11.9 Å². The first-order valence-corrected chi connectivity index (χ1v) is 7.53. The molecule has 0 saturated heterocycles. The Morgan fingerprint density at radius 2 is 2.00 bits per heavy atom. The van der Waals surface area contributed by atoms with Crippen LogP contribution in [0.3, 0.4) is 0 Å². The molecule has 1 aromatic carbocycles. The first-order valence-electron chi connectivity index (χ1n) is 7.53. The number of amides is 3. The number of carbonyl (C=O) groups is 3. The molecular weight excluding hydrogens is 317 g/mol. The topological polar surface area (TPSA) is 111 Å². The van der Waals surface area contributed by atoms with Gasteiger partial charge in [-0.05, 0) is 30.5 Å². The van der Waals surface area contributed by atoms with Gasteiger partial charge in [0.05, 0.1) is 0 Å². The van der Waals surface area contributed by atoms with Crippen molar-refractivity contribution in [3.8, 4) is 0 Å². The smallest absolute Gasteiger partial charge is 0.329 e. The number of benzene rings is 1. The fraction of sp³-hybridized carbons (Fsp3) is 0.438. The molecule has 4 N–H and O–H groups in total. The lowest BCUT2D eigenvalue weighted by molar-refractivity contribution is -0.150. The van der Waals surface area contributed by atoms with E-state index in [2.05, 4.69) is 10.6 Å². The number of carbonyl (C=O) groups excluding carboxylic acids is 3. The minimum atomic E-state index is -0.934. The molecule has 0 saturated carbocycles. The van der Waals surface area contributed by atoms with Gasteiger partial charge in [0.2, 0.25) is 0 Å². The van der Waals surface area contributed by atoms with Crippen LogP contribution in [0, 0.1) is 18.7 Å². The van der Waals surface area contributed by atoms with Crippen molar-refractivity contribution in [2.45, 2.75) is 33.2 Å². The van der Waals surface area contributed by atoms with Crippen LogP contribution in [0.15, 0.2) is 18.2 Å². The SMILES string of the molecule is CC[C@@H](C)[C@@H](NC(N)=O)C(=O)OCC(=O)Nc1cc(F)ccc1C. The molecule has 0 fully saturated rings. The summed E-state index contributed by atoms with van der Waals surface area (Å²) in [7, 11) is 0. The number of ether oxygens (including phenoxy) is 1. The van der Waals surface area contributed by atoms with Crippen LogP contribution in [0.1, 0.15) is 25.8 Å². The maximum absolute atomic E-state index is 13.2. The minimum Gasteiger partial charge on any atom is -0.454 e. The average molecular weight is 339 g/mol. The van der Waals surface area contributed by atoms with Crippen molar-refractivity contribution in [1.82, 2.24) is 5.32 Å². The second-order valence-corrected chi connectivity index (χ2v) is 5.49. The van der Waals surface area contributed by atoms with Gasteiger partial charge in [0.15, 0.2) is 6.61 Å². The Kier molecular flexibility index (Phi) is 7.16. The summed E-state index contributed by atoms with van der Waals surface area (Å²) in [6, 6.07) is 2.18. The molecule has 0 aliphatic heterocycles. The molecule has 0 aliphatic carbocycles. The predicted octanol–water partition coefficient (Wildman–Crippen LogP) is 1.70. The maximum atomic E-state index is 13.2. The van der Waals surface area contributed by atoms with E-state index in [-0.39, 0.29) is 5.92 Å². The third-order valence-corrected chi connectivity index (χ3v) is 3.58. The van der Waals surface area contributed by atoms with Crippen molar-refractivity contribution in [3.05, 3.63) is 29.6 Å². The summed E-state index contributed by atoms with van der Waals surface area (Å²) in [5.74, 6) is -2.07. The molecule has 0 unspecified atom stereocenters. The number of urea groups is 1. The Balaban J connectivity index is 2.62. The molecule has 132 valence electrons. The molecule has 0 spiro atoms. The number of anilines is 1. The van der Waals surface area contributed by atoms with Crippen LogP contribution < -0.4 is 16.4 Å². The van der Waals surface area contributed by atoms with Crippen LogP contribution in [-0.4, -0.2) is 30.6 Å². The van der Waals surface area contributed by atoms with Crippen LogP contribution in [0.25, 0.3) is 0 Å². The lowest BCUT2D eigenvalue weighted by atomic mass is 9.99. The van der Waals surface area contributed by atoms with Crippen molar-refractivity contribution in [2.24, 2.45) is 11.7 Å². The van der Waals surface area contributed by atoms with Gasteiger partial charge in [0, 0.05) is 5.69 Å². The highest BCUT2D eigenvalue weighted by atomic mass is 19.1. The molecular formula is C16H22FN3O4. The van der Waals surface area contributed by atoms with E-state index in [1.807, 2.05) is 6.92 Å². The maximum Gasteiger partial charge on any atom is 0.329 e. The summed E-state index contributed by atoms with van der Waals surface area (Å²) in [4.78, 5) is 34.8. The minimum absolute atomic E-state index is 0.210. The molecule has 1 aromatic rings. The van der Waals surface area contributed by atoms with E-state index in [0.29, 0.717) is 17.7 Å². The zero-order valence-electron chi connectivity index (χ0n) is 13.9. The molecule has 0 aliphatic rings. The first-order chi connectivity index (χ1) is 11.2. The molecule has 0 bridgehead atoms. The molecule has 8 heteroatoms. The molecule has 0 radical (unpaired) electrons. The summed E-state index contributed by atoms with van der Waals surface area (Å²) in [6.07, 6.45) is 0.606. The summed E-state index contributed by atoms with van der Waals surface area (Å²) in [6.45, 7) is 4.74. The molecule has 1 rings (SSSR count). The van der Waals surface area contributed by atoms with Crippen molar-refractivity contribution in [1.29, 1.82) is 0 Å². The number of nitrogens with one attached hydrogen (secondary N) is 2. The number of rotatable bonds is 7. The Bertz CT molecular complexity index is 621. The summed E-state index contributed by atoms with van der Waals surface area (Å²) < 4.78 is 18.1. The zero-order chi connectivity index (χ0) is 18.3. The molecule has 24 heavy (non-hydrogen) atoms. The highest BCUT2D eigenvalue weighted by Crippen LogP contribution is 2.16. The molecule has 7 nitrogen and oxygen atoms in total. The van der Waals surface area contributed by atoms with E-state index in [1.54, 1.807) is 13.8 Å². The highest BCUT2D eigenvalue weighted by Gasteiger charge is 2.27. The normalized spacial score (nSPS) is 12.8. The lowest BCUT2D eigenvalue weighted by Crippen LogP contribution is -2.48. The van der Waals surface area contributed by atoms with Gasteiger partial charge in [-0.15, -0.1) is 0 Å². The number of primary amides is 1. The Hall–Kier alpha value is -2.64. The third-order valence-electron chi connectivity index (χ3n) is 3.58. The predicted molar refractivity (Wildman–Crippen MR) is 86.7 cm³/mol. The fourth-order valence-corrected chi connectivity index (χ4v) is 1.96. The van der Waals surface area contributed by atoms with Crippen molar-refractivity contribution < 1.29 is 23.5 Å². The molecule has 0 heterocycles. The summed E-state index contributed by atoms with van der Waals surface area (Å²) in [5, 5.41) is 4.76. The van der Waals surface area contributed by atoms with Gasteiger partial charge in [0.25, 0.3) is 5.91 Å². The monoisotopic (exact) mass is 339 g/mol. The van der Waals surface area contributed by atoms with E-state index < -0.39 is 36.4 Å². The average Bonchev–Trinajstić information content (AvgIpc) is 2.52. The van der Waals surface area contributed by atoms with Gasteiger partial charge in [-0.2, -0.15) is 0 Å². The van der Waals surface area contributed by atoms with E-state index in [1.165, 1.54) is 18.2 Å². The second kappa shape index (κ2) is 8.85. The fourth-order valence-electron chi connectivity index (χ4n) is 1.96. The summed E-state index contributed by atoms with van der Waals surface area (Å²) in [5.41, 5.74) is 6.01. The van der Waals surface area contributed by atoms with Gasteiger partial charge in [0.1, 0.15) is 11.9 Å². The highest BCUT2D eigenvalue weighted by molar-refractivity contribution is 5.94. The van der Waals surface area contributed by atoms with Crippen LogP contribution in [0.4, 0.5) is 14.9 Å². The number of aryl methyl sites for hydroxylation is 1. The molecule has 0 aromatic heterocycles. The molecule has 2 atom stereocenters. The van der Waals surface area contributed by atoms with Gasteiger partial charge in [-0.3, -0.25) is 4.79 Å². The number of hydrogen-bond donors (Lipinski definition) is 3. The number of hydrogen-bond acceptors (Lipinski definition) is 4. The third kappa shape index (κ3) is 5.86. The van der Waals surface area contributed by atoms with Crippen LogP contribution >= 0.6 is 0 Å². The van der Waals surface area contributed by atoms with E-state index in [9.17, 15) is 18.8 Å². The van der Waals surface area contributed by atoms with Crippen molar-refractivity contribution >= 4 is 23.6 Å². The Labute approximate surface area is 139 Å². The number of nitrogens with two attached hydrogens (primary N) is 1. The van der Waals surface area contributed by atoms with E-state index >= 15 is 0 Å². The standard InChI is InChI=1S/C16H22FN3O4/c1-4-9(2)14(20-16(18)23)15(22)24-8-13(21)19-12-7-11(17)6-5-10(12)3/h5-7,9,14H,4,8H2,1-3H3,(H,19,21)(H3,18,20,23)/t9-,14-/m1/s1. The lowest BCUT2D eigenvalue weighted by Gasteiger charge is -2.21. The largest absolute Gasteiger partial charge is 0.454 e. The number of halogens is 1. The van der Waals surface area contributed by atoms with E-state index in [0.717, 1.165) is 0 Å². The first kappa shape index (κ1) is 19.4. The van der Waals surface area contributed by atoms with Gasteiger partial charge in [-0.25, -0.2) is 14.0 Å². The van der Waals surface area contributed by atoms with Crippen molar-refractivity contribution in [3.63, 3.8) is 0 Å². The zero-order valence-corrected chi connectivity index (χ0v) is 13.9.